The topological polar surface area (TPSA) is 133 Å². The third kappa shape index (κ3) is 8.94. The van der Waals surface area contributed by atoms with Crippen LogP contribution >= 0.6 is 0 Å². The van der Waals surface area contributed by atoms with Crippen LogP contribution in [0.25, 0.3) is 11.4 Å². The average molecular weight is 537 g/mol. The van der Waals surface area contributed by atoms with E-state index in [4.69, 9.17) is 9.26 Å². The van der Waals surface area contributed by atoms with E-state index in [9.17, 15) is 19.2 Å². The van der Waals surface area contributed by atoms with Gasteiger partial charge in [-0.1, -0.05) is 93.5 Å². The summed E-state index contributed by atoms with van der Waals surface area (Å²) in [4.78, 5) is 51.6. The summed E-state index contributed by atoms with van der Waals surface area (Å²) in [5.41, 5.74) is 1.44. The van der Waals surface area contributed by atoms with Crippen LogP contribution in [-0.4, -0.2) is 39.6 Å². The number of amides is 2. The summed E-state index contributed by atoms with van der Waals surface area (Å²) in [6.07, 6.45) is -0.0362. The minimum absolute atomic E-state index is 0.0639. The fraction of sp³-hybridized carbons (Fsp3) is 0.414. The number of benzene rings is 2. The number of hydrogen-bond acceptors (Lipinski definition) is 7. The molecule has 3 rings (SSSR count). The number of alkyl carbamates (subject to hydrolysis) is 1. The molecule has 39 heavy (non-hydrogen) atoms. The van der Waals surface area contributed by atoms with Gasteiger partial charge in [0, 0.05) is 5.56 Å². The quantitative estimate of drug-likeness (QED) is 0.338. The number of nitrogens with zero attached hydrogens (tertiary/aromatic N) is 2. The van der Waals surface area contributed by atoms with Crippen LogP contribution < -0.4 is 16.4 Å². The first-order valence-electron chi connectivity index (χ1n) is 13.1. The highest BCUT2D eigenvalue weighted by molar-refractivity contribution is 5.92. The van der Waals surface area contributed by atoms with Gasteiger partial charge in [0.25, 0.3) is 0 Å². The van der Waals surface area contributed by atoms with Crippen LogP contribution in [-0.2, 0) is 27.5 Å². The van der Waals surface area contributed by atoms with Crippen LogP contribution in [0.3, 0.4) is 0 Å². The second kappa shape index (κ2) is 14.1. The molecule has 0 fully saturated rings. The van der Waals surface area contributed by atoms with Crippen molar-refractivity contribution < 1.29 is 23.6 Å². The maximum Gasteiger partial charge on any atom is 0.442 e. The number of rotatable bonds is 13. The van der Waals surface area contributed by atoms with Gasteiger partial charge in [-0.15, -0.1) is 0 Å². The Hall–Kier alpha value is -4.21. The van der Waals surface area contributed by atoms with Gasteiger partial charge >= 0.3 is 11.8 Å². The zero-order valence-electron chi connectivity index (χ0n) is 22.8. The molecule has 2 aromatic carbocycles. The van der Waals surface area contributed by atoms with Crippen molar-refractivity contribution in [2.45, 2.75) is 65.8 Å². The molecule has 0 radical (unpaired) electrons. The number of aromatic nitrogens is 2. The van der Waals surface area contributed by atoms with Crippen molar-refractivity contribution in [2.75, 3.05) is 0 Å². The molecule has 0 saturated heterocycles. The van der Waals surface area contributed by atoms with Crippen molar-refractivity contribution in [3.8, 4) is 11.4 Å². The SMILES string of the molecule is CC(C)C[C@H](NC(=O)[C@H](CC(C)C)NC(=O)OCc1ccccc1)C(=O)Cn1c(-c2ccccc2)noc1=O. The van der Waals surface area contributed by atoms with Gasteiger partial charge in [0.1, 0.15) is 12.6 Å². The van der Waals surface area contributed by atoms with E-state index >= 15 is 0 Å². The lowest BCUT2D eigenvalue weighted by atomic mass is 9.98. The Bertz CT molecular complexity index is 1280. The summed E-state index contributed by atoms with van der Waals surface area (Å²) in [6.45, 7) is 7.45. The Balaban J connectivity index is 1.71. The van der Waals surface area contributed by atoms with Gasteiger partial charge in [0.15, 0.2) is 11.6 Å². The van der Waals surface area contributed by atoms with E-state index in [0.29, 0.717) is 18.4 Å². The van der Waals surface area contributed by atoms with Crippen molar-refractivity contribution >= 4 is 17.8 Å². The number of Topliss-reactive ketones (excluding diaryl/α,β-unsaturated/α-hetero) is 1. The molecule has 0 aliphatic heterocycles. The van der Waals surface area contributed by atoms with Crippen LogP contribution in [0, 0.1) is 11.8 Å². The number of nitrogens with one attached hydrogen (secondary N) is 2. The third-order valence-corrected chi connectivity index (χ3v) is 5.97. The van der Waals surface area contributed by atoms with Gasteiger partial charge in [0.05, 0.1) is 12.6 Å². The zero-order chi connectivity index (χ0) is 28.4. The number of carbonyl (C=O) groups excluding carboxylic acids is 3. The molecule has 0 bridgehead atoms. The summed E-state index contributed by atoms with van der Waals surface area (Å²) in [5.74, 6) is -1.27. The molecule has 0 aliphatic rings. The smallest absolute Gasteiger partial charge is 0.442 e. The average Bonchev–Trinajstić information content (AvgIpc) is 3.27. The molecular weight excluding hydrogens is 500 g/mol. The number of carbonyl (C=O) groups is 3. The molecule has 10 heteroatoms. The van der Waals surface area contributed by atoms with Crippen LogP contribution in [0.15, 0.2) is 70.0 Å². The first-order chi connectivity index (χ1) is 18.6. The highest BCUT2D eigenvalue weighted by Gasteiger charge is 2.29. The lowest BCUT2D eigenvalue weighted by Crippen LogP contribution is -2.53. The van der Waals surface area contributed by atoms with E-state index in [2.05, 4.69) is 15.8 Å². The van der Waals surface area contributed by atoms with Crippen molar-refractivity contribution in [1.29, 1.82) is 0 Å². The van der Waals surface area contributed by atoms with Crippen molar-refractivity contribution in [1.82, 2.24) is 20.4 Å². The molecule has 0 spiro atoms. The molecule has 0 unspecified atom stereocenters. The fourth-order valence-corrected chi connectivity index (χ4v) is 4.09. The summed E-state index contributed by atoms with van der Waals surface area (Å²) < 4.78 is 11.3. The molecule has 208 valence electrons. The highest BCUT2D eigenvalue weighted by Crippen LogP contribution is 2.16. The van der Waals surface area contributed by atoms with Crippen LogP contribution in [0.2, 0.25) is 0 Å². The van der Waals surface area contributed by atoms with Crippen molar-refractivity contribution in [3.05, 3.63) is 76.8 Å². The van der Waals surface area contributed by atoms with Gasteiger partial charge < -0.3 is 15.4 Å². The van der Waals surface area contributed by atoms with E-state index in [-0.39, 0.29) is 36.6 Å². The maximum atomic E-state index is 13.4. The zero-order valence-corrected chi connectivity index (χ0v) is 22.8. The molecule has 1 heterocycles. The number of ketones is 1. The maximum absolute atomic E-state index is 13.4. The van der Waals surface area contributed by atoms with Crippen LogP contribution in [0.4, 0.5) is 4.79 Å². The standard InChI is InChI=1S/C29H36N4O6/c1-19(2)15-23(25(34)17-33-26(32-39-29(33)37)22-13-9-6-10-14-22)30-27(35)24(16-20(3)4)31-28(36)38-18-21-11-7-5-8-12-21/h5-14,19-20,23-24H,15-18H2,1-4H3,(H,30,35)(H,31,36)/t23-,24-/m0/s1. The lowest BCUT2D eigenvalue weighted by Gasteiger charge is -2.25. The Morgan fingerprint density at radius 2 is 1.46 bits per heavy atom. The predicted molar refractivity (Wildman–Crippen MR) is 146 cm³/mol. The molecular formula is C29H36N4O6. The Labute approximate surface area is 227 Å². The summed E-state index contributed by atoms with van der Waals surface area (Å²) in [7, 11) is 0. The van der Waals surface area contributed by atoms with Crippen LogP contribution in [0.5, 0.6) is 0 Å². The normalized spacial score (nSPS) is 12.7. The van der Waals surface area contributed by atoms with Gasteiger partial charge in [-0.05, 0) is 30.2 Å². The minimum Gasteiger partial charge on any atom is -0.445 e. The summed E-state index contributed by atoms with van der Waals surface area (Å²) in [6, 6.07) is 16.3. The van der Waals surface area contributed by atoms with Crippen molar-refractivity contribution in [2.24, 2.45) is 11.8 Å². The molecule has 2 amide bonds. The third-order valence-electron chi connectivity index (χ3n) is 5.97. The fourth-order valence-electron chi connectivity index (χ4n) is 4.09. The minimum atomic E-state index is -0.908. The molecule has 1 aromatic heterocycles. The van der Waals surface area contributed by atoms with Gasteiger partial charge in [-0.3, -0.25) is 14.1 Å². The van der Waals surface area contributed by atoms with E-state index in [1.807, 2.05) is 64.1 Å². The first kappa shape index (κ1) is 29.3. The predicted octanol–water partition coefficient (Wildman–Crippen LogP) is 3.94. The van der Waals surface area contributed by atoms with E-state index < -0.39 is 29.8 Å². The second-order valence-electron chi connectivity index (χ2n) is 10.3. The summed E-state index contributed by atoms with van der Waals surface area (Å²) in [5, 5.41) is 9.26. The largest absolute Gasteiger partial charge is 0.445 e. The second-order valence-corrected chi connectivity index (χ2v) is 10.3. The Kier molecular flexibility index (Phi) is 10.6. The summed E-state index contributed by atoms with van der Waals surface area (Å²) >= 11 is 0. The Morgan fingerprint density at radius 1 is 0.872 bits per heavy atom. The molecule has 3 aromatic rings. The first-order valence-corrected chi connectivity index (χ1v) is 13.1. The molecule has 0 saturated carbocycles. The van der Waals surface area contributed by atoms with E-state index in [1.54, 1.807) is 24.3 Å². The van der Waals surface area contributed by atoms with Gasteiger partial charge in [-0.2, -0.15) is 0 Å². The van der Waals surface area contributed by atoms with E-state index in [1.165, 1.54) is 0 Å². The van der Waals surface area contributed by atoms with E-state index in [0.717, 1.165) is 10.1 Å². The monoisotopic (exact) mass is 536 g/mol. The lowest BCUT2D eigenvalue weighted by molar-refractivity contribution is -0.129. The Morgan fingerprint density at radius 3 is 2.08 bits per heavy atom. The molecule has 0 aliphatic carbocycles. The highest BCUT2D eigenvalue weighted by atomic mass is 16.5. The van der Waals surface area contributed by atoms with Crippen LogP contribution in [0.1, 0.15) is 46.1 Å². The van der Waals surface area contributed by atoms with Crippen molar-refractivity contribution in [3.63, 3.8) is 0 Å². The van der Waals surface area contributed by atoms with Gasteiger partial charge in [-0.25, -0.2) is 14.2 Å². The number of ether oxygens (including phenoxy) is 1. The van der Waals surface area contributed by atoms with Gasteiger partial charge in [0.2, 0.25) is 5.91 Å². The molecule has 2 atom stereocenters. The molecule has 2 N–H and O–H groups in total. The number of hydrogen-bond donors (Lipinski definition) is 2. The molecule has 10 nitrogen and oxygen atoms in total.